The monoisotopic (exact) mass is 241 g/mol. The van der Waals surface area contributed by atoms with Crippen molar-refractivity contribution in [3.8, 4) is 0 Å². The van der Waals surface area contributed by atoms with Gasteiger partial charge in [-0.2, -0.15) is 13.5 Å². The molecular formula is H2Cl3RuS. The second-order valence-electron chi connectivity index (χ2n) is 0.152. The Morgan fingerprint density at radius 3 is 1.00 bits per heavy atom. The van der Waals surface area contributed by atoms with Gasteiger partial charge in [-0.3, -0.25) is 0 Å². The molecule has 0 aliphatic rings. The average molecular weight is 242 g/mol. The van der Waals surface area contributed by atoms with Crippen LogP contribution in [0.25, 0.3) is 0 Å². The van der Waals surface area contributed by atoms with Crippen LogP contribution in [0, 0.1) is 0 Å². The molecule has 0 aliphatic heterocycles. The molecule has 0 nitrogen and oxygen atoms in total. The molecule has 0 aliphatic carbocycles. The zero-order valence-corrected chi connectivity index (χ0v) is 6.99. The summed E-state index contributed by atoms with van der Waals surface area (Å²) in [6.45, 7) is 0. The predicted octanol–water partition coefficient (Wildman–Crippen LogP) is 2.18. The first-order chi connectivity index (χ1) is 1.73. The van der Waals surface area contributed by atoms with Crippen molar-refractivity contribution in [3.05, 3.63) is 0 Å². The van der Waals surface area contributed by atoms with Gasteiger partial charge in [-0.1, -0.05) is 0 Å². The Bertz CT molecular complexity index is 11.6. The first kappa shape index (κ1) is 9.96. The van der Waals surface area contributed by atoms with E-state index in [4.69, 9.17) is 29.1 Å². The normalized spacial score (nSPS) is 9.00. The van der Waals surface area contributed by atoms with E-state index in [1.54, 1.807) is 0 Å². The molecule has 0 saturated heterocycles. The minimum atomic E-state index is -1.75. The minimum absolute atomic E-state index is 0. The third kappa shape index (κ3) is 25.4. The Morgan fingerprint density at radius 1 is 1.00 bits per heavy atom. The number of hydrogen-bond donors (Lipinski definition) is 0. The van der Waals surface area contributed by atoms with Gasteiger partial charge in [0.1, 0.15) is 0 Å². The van der Waals surface area contributed by atoms with Gasteiger partial charge < -0.3 is 0 Å². The van der Waals surface area contributed by atoms with Crippen LogP contribution in [-0.4, -0.2) is 0 Å². The van der Waals surface area contributed by atoms with Crippen LogP contribution >= 0.6 is 42.6 Å². The van der Waals surface area contributed by atoms with Gasteiger partial charge in [-0.05, 0) is 0 Å². The van der Waals surface area contributed by atoms with Crippen molar-refractivity contribution in [1.29, 1.82) is 0 Å². The Labute approximate surface area is 55.3 Å². The average Bonchev–Trinajstić information content (AvgIpc) is 0.811. The summed E-state index contributed by atoms with van der Waals surface area (Å²) in [7, 11) is 14.8. The SMILES string of the molecule is S.[Cl][Ru]([Cl])[Cl]. The van der Waals surface area contributed by atoms with Crippen LogP contribution in [0.2, 0.25) is 0 Å². The molecular weight excluding hydrogens is 239 g/mol. The molecule has 5 heteroatoms. The van der Waals surface area contributed by atoms with Crippen LogP contribution < -0.4 is 0 Å². The van der Waals surface area contributed by atoms with E-state index in [0.717, 1.165) is 0 Å². The van der Waals surface area contributed by atoms with Gasteiger partial charge in [-0.25, -0.2) is 0 Å². The van der Waals surface area contributed by atoms with Crippen LogP contribution in [0.15, 0.2) is 0 Å². The van der Waals surface area contributed by atoms with Crippen molar-refractivity contribution in [2.75, 3.05) is 0 Å². The predicted molar refractivity (Wildman–Crippen MR) is 27.9 cm³/mol. The molecule has 37 valence electrons. The maximum absolute atomic E-state index is 4.95. The molecule has 0 saturated carbocycles. The van der Waals surface area contributed by atoms with Gasteiger partial charge in [-0.15, -0.1) is 0 Å². The van der Waals surface area contributed by atoms with Crippen LogP contribution in [0.5, 0.6) is 0 Å². The Balaban J connectivity index is 0. The summed E-state index contributed by atoms with van der Waals surface area (Å²) in [5.74, 6) is 0. The van der Waals surface area contributed by atoms with Crippen molar-refractivity contribution < 1.29 is 13.0 Å². The van der Waals surface area contributed by atoms with Crippen molar-refractivity contribution in [1.82, 2.24) is 0 Å². The fourth-order valence-electron chi connectivity index (χ4n) is 0. The molecule has 0 rings (SSSR count). The summed E-state index contributed by atoms with van der Waals surface area (Å²) in [4.78, 5) is 0. The summed E-state index contributed by atoms with van der Waals surface area (Å²) >= 11 is -1.75. The third-order valence-electron chi connectivity index (χ3n) is 0. The van der Waals surface area contributed by atoms with Crippen molar-refractivity contribution in [2.24, 2.45) is 0 Å². The van der Waals surface area contributed by atoms with Gasteiger partial charge in [0.25, 0.3) is 0 Å². The van der Waals surface area contributed by atoms with E-state index in [0.29, 0.717) is 0 Å². The molecule has 0 heterocycles. The van der Waals surface area contributed by atoms with E-state index in [2.05, 4.69) is 0 Å². The van der Waals surface area contributed by atoms with Gasteiger partial charge >= 0.3 is 42.1 Å². The topological polar surface area (TPSA) is 0 Å². The molecule has 0 spiro atoms. The Kier molecular flexibility index (Phi) is 11.6. The molecule has 0 radical (unpaired) electrons. The Morgan fingerprint density at radius 2 is 1.00 bits per heavy atom. The van der Waals surface area contributed by atoms with Gasteiger partial charge in [0.15, 0.2) is 0 Å². The summed E-state index contributed by atoms with van der Waals surface area (Å²) < 4.78 is 0. The van der Waals surface area contributed by atoms with E-state index >= 15 is 0 Å². The summed E-state index contributed by atoms with van der Waals surface area (Å²) in [6.07, 6.45) is 0. The summed E-state index contributed by atoms with van der Waals surface area (Å²) in [6, 6.07) is 0. The third-order valence-corrected chi connectivity index (χ3v) is 0. The van der Waals surface area contributed by atoms with Gasteiger partial charge in [0, 0.05) is 0 Å². The second kappa shape index (κ2) is 5.84. The first-order valence-electron chi connectivity index (χ1n) is 0.401. The zero-order valence-electron chi connectivity index (χ0n) is 1.99. The van der Waals surface area contributed by atoms with Crippen LogP contribution in [0.1, 0.15) is 0 Å². The number of rotatable bonds is 0. The molecule has 0 aromatic heterocycles. The summed E-state index contributed by atoms with van der Waals surface area (Å²) in [5.41, 5.74) is 0. The second-order valence-corrected chi connectivity index (χ2v) is 8.07. The zero-order chi connectivity index (χ0) is 3.58. The fraction of sp³-hybridized carbons (Fsp3) is 0. The molecule has 0 N–H and O–H groups in total. The van der Waals surface area contributed by atoms with E-state index in [9.17, 15) is 0 Å². The standard InChI is InChI=1S/3ClH.Ru.H2S/h3*1H;;1H2/q;;;+3;/p-3. The van der Waals surface area contributed by atoms with Crippen LogP contribution in [0.3, 0.4) is 0 Å². The molecule has 0 aromatic rings. The van der Waals surface area contributed by atoms with Crippen molar-refractivity contribution in [2.45, 2.75) is 0 Å². The summed E-state index contributed by atoms with van der Waals surface area (Å²) in [5, 5.41) is 0. The number of halogens is 3. The van der Waals surface area contributed by atoms with E-state index in [-0.39, 0.29) is 13.5 Å². The molecule has 0 unspecified atom stereocenters. The molecule has 0 bridgehead atoms. The van der Waals surface area contributed by atoms with Crippen LogP contribution in [0.4, 0.5) is 0 Å². The molecule has 0 fully saturated rings. The first-order valence-corrected chi connectivity index (χ1v) is 7.12. The quantitative estimate of drug-likeness (QED) is 0.570. The number of hydrogen-bond acceptors (Lipinski definition) is 0. The van der Waals surface area contributed by atoms with E-state index < -0.39 is 13.0 Å². The molecule has 0 aromatic carbocycles. The molecule has 0 amide bonds. The molecule has 5 heavy (non-hydrogen) atoms. The van der Waals surface area contributed by atoms with Crippen LogP contribution in [-0.2, 0) is 13.0 Å². The van der Waals surface area contributed by atoms with Crippen molar-refractivity contribution in [3.63, 3.8) is 0 Å². The van der Waals surface area contributed by atoms with Gasteiger partial charge in [0.2, 0.25) is 0 Å². The molecule has 0 atom stereocenters. The fourth-order valence-corrected chi connectivity index (χ4v) is 0. The maximum atomic E-state index is 4.95. The Hall–Kier alpha value is 1.84. The van der Waals surface area contributed by atoms with Gasteiger partial charge in [0.05, 0.1) is 0 Å². The van der Waals surface area contributed by atoms with E-state index in [1.165, 1.54) is 0 Å². The van der Waals surface area contributed by atoms with Crippen molar-refractivity contribution >= 4 is 42.6 Å². The van der Waals surface area contributed by atoms with E-state index in [1.807, 2.05) is 0 Å².